The smallest absolute Gasteiger partial charge is 0.388 e. The first kappa shape index (κ1) is 23.8. The van der Waals surface area contributed by atoms with Gasteiger partial charge in [0.1, 0.15) is 18.0 Å². The molecular formula is C25H27F3N8. The number of halogens is 3. The molecule has 0 saturated heterocycles. The van der Waals surface area contributed by atoms with Crippen molar-refractivity contribution in [1.82, 2.24) is 29.5 Å². The molecule has 0 amide bonds. The summed E-state index contributed by atoms with van der Waals surface area (Å²) in [6, 6.07) is 9.64. The normalized spacial score (nSPS) is 13.8. The molecule has 36 heavy (non-hydrogen) atoms. The van der Waals surface area contributed by atoms with Crippen LogP contribution in [0.1, 0.15) is 35.4 Å². The van der Waals surface area contributed by atoms with Crippen molar-refractivity contribution in [2.75, 3.05) is 17.7 Å². The standard InChI is InChI=1S/C25H27F3N8/c1-14-23(18-7-9-19(29-4)10-8-18)34-35(12-17-5-6-17)24(14)32-20-11-21(31-13-30-20)36-16(3)22(15(2)33-36)25(26,27)28/h7-11,13,17,29H,5-6,12H2,1-4H3,(H,30,31,32). The Kier molecular flexibility index (Phi) is 5.93. The molecule has 8 nitrogen and oxygen atoms in total. The predicted octanol–water partition coefficient (Wildman–Crippen LogP) is 5.67. The van der Waals surface area contributed by atoms with Gasteiger partial charge in [0.05, 0.1) is 22.6 Å². The summed E-state index contributed by atoms with van der Waals surface area (Å²) in [6.07, 6.45) is -0.840. The summed E-state index contributed by atoms with van der Waals surface area (Å²) in [5.41, 5.74) is 2.96. The minimum Gasteiger partial charge on any atom is -0.388 e. The van der Waals surface area contributed by atoms with Gasteiger partial charge in [-0.15, -0.1) is 0 Å². The van der Waals surface area contributed by atoms with Gasteiger partial charge in [-0.2, -0.15) is 23.4 Å². The number of anilines is 3. The summed E-state index contributed by atoms with van der Waals surface area (Å²) in [7, 11) is 1.87. The molecule has 0 atom stereocenters. The third-order valence-electron chi connectivity index (χ3n) is 6.46. The molecule has 1 aliphatic carbocycles. The lowest BCUT2D eigenvalue weighted by Gasteiger charge is -2.11. The van der Waals surface area contributed by atoms with Crippen LogP contribution in [0.3, 0.4) is 0 Å². The molecule has 2 N–H and O–H groups in total. The number of aryl methyl sites for hydroxylation is 1. The number of rotatable bonds is 7. The number of nitrogens with one attached hydrogen (secondary N) is 2. The fourth-order valence-corrected chi connectivity index (χ4v) is 4.38. The molecule has 1 saturated carbocycles. The number of hydrogen-bond donors (Lipinski definition) is 2. The molecule has 0 spiro atoms. The molecule has 0 radical (unpaired) electrons. The topological polar surface area (TPSA) is 85.5 Å². The van der Waals surface area contributed by atoms with Crippen LogP contribution in [0.5, 0.6) is 0 Å². The van der Waals surface area contributed by atoms with Crippen molar-refractivity contribution in [3.8, 4) is 17.1 Å². The number of hydrogen-bond acceptors (Lipinski definition) is 6. The highest BCUT2D eigenvalue weighted by atomic mass is 19.4. The first-order valence-corrected chi connectivity index (χ1v) is 11.7. The lowest BCUT2D eigenvalue weighted by molar-refractivity contribution is -0.138. The quantitative estimate of drug-likeness (QED) is 0.343. The van der Waals surface area contributed by atoms with Gasteiger partial charge in [0, 0.05) is 36.5 Å². The van der Waals surface area contributed by atoms with E-state index in [0.29, 0.717) is 11.7 Å². The van der Waals surface area contributed by atoms with Crippen molar-refractivity contribution >= 4 is 17.3 Å². The SMILES string of the molecule is CNc1ccc(-c2nn(CC3CC3)c(Nc3cc(-n4nc(C)c(C(F)(F)F)c4C)ncn3)c2C)cc1. The monoisotopic (exact) mass is 496 g/mol. The maximum absolute atomic E-state index is 13.5. The second-order valence-corrected chi connectivity index (χ2v) is 9.12. The maximum atomic E-state index is 13.5. The Hall–Kier alpha value is -3.89. The Morgan fingerprint density at radius 3 is 2.36 bits per heavy atom. The Balaban J connectivity index is 1.50. The van der Waals surface area contributed by atoms with Crippen molar-refractivity contribution in [2.24, 2.45) is 5.92 Å². The summed E-state index contributed by atoms with van der Waals surface area (Å²) >= 11 is 0. The van der Waals surface area contributed by atoms with Crippen LogP contribution in [0.2, 0.25) is 0 Å². The van der Waals surface area contributed by atoms with Crippen LogP contribution in [-0.2, 0) is 12.7 Å². The first-order chi connectivity index (χ1) is 17.2. The highest BCUT2D eigenvalue weighted by Crippen LogP contribution is 2.37. The lowest BCUT2D eigenvalue weighted by Crippen LogP contribution is -2.10. The highest BCUT2D eigenvalue weighted by molar-refractivity contribution is 5.72. The molecule has 0 aliphatic heterocycles. The van der Waals surface area contributed by atoms with Crippen LogP contribution in [0.15, 0.2) is 36.7 Å². The average molecular weight is 497 g/mol. The molecule has 1 aromatic carbocycles. The van der Waals surface area contributed by atoms with Crippen molar-refractivity contribution < 1.29 is 13.2 Å². The van der Waals surface area contributed by atoms with E-state index in [2.05, 4.69) is 25.7 Å². The Morgan fingerprint density at radius 2 is 1.75 bits per heavy atom. The van der Waals surface area contributed by atoms with Crippen molar-refractivity contribution in [3.05, 3.63) is 59.2 Å². The average Bonchev–Trinajstić information content (AvgIpc) is 3.54. The molecule has 5 rings (SSSR count). The molecule has 1 fully saturated rings. The summed E-state index contributed by atoms with van der Waals surface area (Å²) < 4.78 is 43.6. The maximum Gasteiger partial charge on any atom is 0.419 e. The molecular weight excluding hydrogens is 469 g/mol. The van der Waals surface area contributed by atoms with Gasteiger partial charge in [0.25, 0.3) is 0 Å². The Morgan fingerprint density at radius 1 is 1.03 bits per heavy atom. The van der Waals surface area contributed by atoms with Gasteiger partial charge in [0.15, 0.2) is 5.82 Å². The zero-order valence-corrected chi connectivity index (χ0v) is 20.5. The molecule has 188 valence electrons. The first-order valence-electron chi connectivity index (χ1n) is 11.7. The molecule has 3 aromatic heterocycles. The Labute approximate surface area is 206 Å². The minimum atomic E-state index is -4.49. The fourth-order valence-electron chi connectivity index (χ4n) is 4.38. The van der Waals surface area contributed by atoms with E-state index < -0.39 is 11.7 Å². The van der Waals surface area contributed by atoms with E-state index in [0.717, 1.165) is 34.9 Å². The van der Waals surface area contributed by atoms with Crippen molar-refractivity contribution in [2.45, 2.75) is 46.3 Å². The van der Waals surface area contributed by atoms with E-state index in [1.54, 1.807) is 6.07 Å². The van der Waals surface area contributed by atoms with Crippen LogP contribution in [0.25, 0.3) is 17.1 Å². The fraction of sp³-hybridized carbons (Fsp3) is 0.360. The number of aromatic nitrogens is 6. The van der Waals surface area contributed by atoms with E-state index in [9.17, 15) is 13.2 Å². The number of alkyl halides is 3. The zero-order chi connectivity index (χ0) is 25.6. The van der Waals surface area contributed by atoms with Gasteiger partial charge < -0.3 is 10.6 Å². The van der Waals surface area contributed by atoms with E-state index in [-0.39, 0.29) is 17.2 Å². The Bertz CT molecular complexity index is 1400. The molecule has 3 heterocycles. The summed E-state index contributed by atoms with van der Waals surface area (Å²) in [5, 5.41) is 15.4. The van der Waals surface area contributed by atoms with Crippen LogP contribution < -0.4 is 10.6 Å². The second-order valence-electron chi connectivity index (χ2n) is 9.12. The van der Waals surface area contributed by atoms with Gasteiger partial charge >= 0.3 is 6.18 Å². The van der Waals surface area contributed by atoms with Gasteiger partial charge in [0.2, 0.25) is 0 Å². The number of nitrogens with zero attached hydrogens (tertiary/aromatic N) is 6. The van der Waals surface area contributed by atoms with Crippen molar-refractivity contribution in [1.29, 1.82) is 0 Å². The zero-order valence-electron chi connectivity index (χ0n) is 20.5. The van der Waals surface area contributed by atoms with Crippen LogP contribution in [0.4, 0.5) is 30.5 Å². The van der Waals surface area contributed by atoms with E-state index in [4.69, 9.17) is 5.10 Å². The van der Waals surface area contributed by atoms with Crippen LogP contribution in [-0.4, -0.2) is 36.6 Å². The summed E-state index contributed by atoms with van der Waals surface area (Å²) in [4.78, 5) is 8.49. The third-order valence-corrected chi connectivity index (χ3v) is 6.46. The van der Waals surface area contributed by atoms with Gasteiger partial charge in [-0.1, -0.05) is 12.1 Å². The third kappa shape index (κ3) is 4.52. The molecule has 1 aliphatic rings. The van der Waals surface area contributed by atoms with Gasteiger partial charge in [-0.05, 0) is 51.7 Å². The van der Waals surface area contributed by atoms with E-state index in [1.807, 2.05) is 42.9 Å². The van der Waals surface area contributed by atoms with E-state index in [1.165, 1.54) is 37.7 Å². The molecule has 4 aromatic rings. The van der Waals surface area contributed by atoms with Crippen LogP contribution >= 0.6 is 0 Å². The van der Waals surface area contributed by atoms with Gasteiger partial charge in [-0.3, -0.25) is 0 Å². The molecule has 0 unspecified atom stereocenters. The minimum absolute atomic E-state index is 0.0214. The summed E-state index contributed by atoms with van der Waals surface area (Å²) in [5.74, 6) is 2.07. The molecule has 11 heteroatoms. The van der Waals surface area contributed by atoms with Crippen LogP contribution in [0, 0.1) is 26.7 Å². The highest BCUT2D eigenvalue weighted by Gasteiger charge is 2.37. The largest absolute Gasteiger partial charge is 0.419 e. The lowest BCUT2D eigenvalue weighted by atomic mass is 10.1. The predicted molar refractivity (Wildman–Crippen MR) is 132 cm³/mol. The number of benzene rings is 1. The van der Waals surface area contributed by atoms with Gasteiger partial charge in [-0.25, -0.2) is 19.3 Å². The van der Waals surface area contributed by atoms with Crippen molar-refractivity contribution in [3.63, 3.8) is 0 Å². The summed E-state index contributed by atoms with van der Waals surface area (Å²) in [6.45, 7) is 5.51. The second kappa shape index (κ2) is 8.96. The van der Waals surface area contributed by atoms with E-state index >= 15 is 0 Å². The molecule has 0 bridgehead atoms.